The lowest BCUT2D eigenvalue weighted by molar-refractivity contribution is 0.0440. The van der Waals surface area contributed by atoms with E-state index in [2.05, 4.69) is 4.98 Å². The summed E-state index contributed by atoms with van der Waals surface area (Å²) in [7, 11) is -0.902. The Morgan fingerprint density at radius 1 is 1.23 bits per heavy atom. The quantitative estimate of drug-likeness (QED) is 0.618. The molecule has 3 aromatic rings. The fraction of sp³-hybridized carbons (Fsp3) is 0.176. The third-order valence-corrected chi connectivity index (χ3v) is 5.74. The van der Waals surface area contributed by atoms with Crippen LogP contribution < -0.4 is 0 Å². The van der Waals surface area contributed by atoms with Crippen molar-refractivity contribution in [2.24, 2.45) is 0 Å². The summed E-state index contributed by atoms with van der Waals surface area (Å²) in [5.41, 5.74) is 1.18. The van der Waals surface area contributed by atoms with Gasteiger partial charge in [0.05, 0.1) is 15.5 Å². The van der Waals surface area contributed by atoms with Crippen LogP contribution in [0.25, 0.3) is 11.1 Å². The number of aromatic nitrogens is 1. The molecule has 0 fully saturated rings. The van der Waals surface area contributed by atoms with E-state index in [1.54, 1.807) is 18.2 Å². The van der Waals surface area contributed by atoms with Gasteiger partial charge in [-0.3, -0.25) is 0 Å². The molecule has 0 atom stereocenters. The van der Waals surface area contributed by atoms with E-state index in [1.165, 1.54) is 32.3 Å². The fourth-order valence-corrected chi connectivity index (χ4v) is 3.34. The minimum atomic E-state index is -3.70. The van der Waals surface area contributed by atoms with Crippen molar-refractivity contribution in [2.75, 3.05) is 14.1 Å². The Balaban J connectivity index is 1.81. The SMILES string of the molecule is CN(C)S(=O)(=O)c1ccc(Cl)c(C(=O)OCc2nc3ccccc3o2)c1. The highest BCUT2D eigenvalue weighted by molar-refractivity contribution is 7.89. The number of nitrogens with zero attached hydrogens (tertiary/aromatic N) is 2. The van der Waals surface area contributed by atoms with Crippen LogP contribution in [-0.4, -0.2) is 37.8 Å². The second kappa shape index (κ2) is 7.06. The van der Waals surface area contributed by atoms with Gasteiger partial charge >= 0.3 is 5.97 Å². The molecular weight excluding hydrogens is 380 g/mol. The second-order valence-corrected chi connectivity index (χ2v) is 8.14. The molecule has 0 aliphatic heterocycles. The molecule has 0 bridgehead atoms. The van der Waals surface area contributed by atoms with E-state index in [4.69, 9.17) is 20.8 Å². The van der Waals surface area contributed by atoms with Crippen LogP contribution in [-0.2, 0) is 21.4 Å². The number of esters is 1. The maximum absolute atomic E-state index is 12.3. The minimum Gasteiger partial charge on any atom is -0.452 e. The van der Waals surface area contributed by atoms with Crippen LogP contribution in [0.4, 0.5) is 0 Å². The predicted molar refractivity (Wildman–Crippen MR) is 95.5 cm³/mol. The lowest BCUT2D eigenvalue weighted by atomic mass is 10.2. The molecule has 0 unspecified atom stereocenters. The zero-order valence-corrected chi connectivity index (χ0v) is 15.5. The molecule has 2 aromatic carbocycles. The first-order valence-corrected chi connectivity index (χ1v) is 9.34. The minimum absolute atomic E-state index is 0.0503. The zero-order valence-electron chi connectivity index (χ0n) is 14.0. The molecule has 9 heteroatoms. The molecule has 0 N–H and O–H groups in total. The molecule has 0 aliphatic rings. The normalized spacial score (nSPS) is 11.8. The van der Waals surface area contributed by atoms with Crippen LogP contribution in [0.5, 0.6) is 0 Å². The Morgan fingerprint density at radius 3 is 2.65 bits per heavy atom. The highest BCUT2D eigenvalue weighted by Gasteiger charge is 2.21. The van der Waals surface area contributed by atoms with Crippen molar-refractivity contribution in [3.63, 3.8) is 0 Å². The van der Waals surface area contributed by atoms with Gasteiger partial charge in [0.15, 0.2) is 12.2 Å². The van der Waals surface area contributed by atoms with Gasteiger partial charge in [0.1, 0.15) is 5.52 Å². The lowest BCUT2D eigenvalue weighted by Gasteiger charge is -2.12. The van der Waals surface area contributed by atoms with Crippen LogP contribution in [0.15, 0.2) is 51.8 Å². The summed E-state index contributed by atoms with van der Waals surface area (Å²) in [5, 5.41) is 0.0882. The first-order valence-electron chi connectivity index (χ1n) is 7.52. The molecule has 0 saturated heterocycles. The average Bonchev–Trinajstić information content (AvgIpc) is 3.02. The molecule has 0 aliphatic carbocycles. The largest absolute Gasteiger partial charge is 0.452 e. The lowest BCUT2D eigenvalue weighted by Crippen LogP contribution is -2.22. The van der Waals surface area contributed by atoms with Crippen molar-refractivity contribution in [2.45, 2.75) is 11.5 Å². The van der Waals surface area contributed by atoms with Crippen molar-refractivity contribution in [3.05, 3.63) is 58.9 Å². The van der Waals surface area contributed by atoms with Gasteiger partial charge in [0.2, 0.25) is 15.9 Å². The van der Waals surface area contributed by atoms with Crippen LogP contribution >= 0.6 is 11.6 Å². The first-order chi connectivity index (χ1) is 12.3. The van der Waals surface area contributed by atoms with Gasteiger partial charge < -0.3 is 9.15 Å². The maximum Gasteiger partial charge on any atom is 0.340 e. The Kier molecular flexibility index (Phi) is 4.99. The number of benzene rings is 2. The van der Waals surface area contributed by atoms with E-state index < -0.39 is 16.0 Å². The van der Waals surface area contributed by atoms with Crippen molar-refractivity contribution < 1.29 is 22.4 Å². The molecule has 136 valence electrons. The molecule has 1 heterocycles. The molecule has 0 amide bonds. The monoisotopic (exact) mass is 394 g/mol. The number of hydrogen-bond donors (Lipinski definition) is 0. The standard InChI is InChI=1S/C17H15ClN2O5S/c1-20(2)26(22,23)11-7-8-13(18)12(9-11)17(21)24-10-16-19-14-5-3-4-6-15(14)25-16/h3-9H,10H2,1-2H3. The van der Waals surface area contributed by atoms with E-state index in [9.17, 15) is 13.2 Å². The number of oxazole rings is 1. The van der Waals surface area contributed by atoms with Crippen molar-refractivity contribution in [1.29, 1.82) is 0 Å². The van der Waals surface area contributed by atoms with Gasteiger partial charge in [0, 0.05) is 14.1 Å². The number of fused-ring (bicyclic) bond motifs is 1. The smallest absolute Gasteiger partial charge is 0.340 e. The molecule has 26 heavy (non-hydrogen) atoms. The first kappa shape index (κ1) is 18.4. The number of sulfonamides is 1. The number of carbonyl (C=O) groups is 1. The summed E-state index contributed by atoms with van der Waals surface area (Å²) in [4.78, 5) is 16.5. The zero-order chi connectivity index (χ0) is 18.9. The number of ether oxygens (including phenoxy) is 1. The Hall–Kier alpha value is -2.42. The van der Waals surface area contributed by atoms with E-state index in [0.29, 0.717) is 11.1 Å². The number of halogens is 1. The third-order valence-electron chi connectivity index (χ3n) is 3.60. The summed E-state index contributed by atoms with van der Waals surface area (Å²) in [5.74, 6) is -0.541. The molecule has 0 saturated carbocycles. The molecule has 7 nitrogen and oxygen atoms in total. The van der Waals surface area contributed by atoms with Crippen LogP contribution in [0, 0.1) is 0 Å². The Morgan fingerprint density at radius 2 is 1.96 bits per heavy atom. The van der Waals surface area contributed by atoms with Crippen LogP contribution in [0.2, 0.25) is 5.02 Å². The Bertz CT molecular complexity index is 1040. The third kappa shape index (κ3) is 3.57. The summed E-state index contributed by atoms with van der Waals surface area (Å²) >= 11 is 6.02. The van der Waals surface area contributed by atoms with Crippen molar-refractivity contribution in [1.82, 2.24) is 9.29 Å². The van der Waals surface area contributed by atoms with Gasteiger partial charge in [0.25, 0.3) is 0 Å². The molecule has 1 aromatic heterocycles. The number of carbonyl (C=O) groups excluding carboxylic acids is 1. The van der Waals surface area contributed by atoms with Crippen LogP contribution in [0.1, 0.15) is 16.2 Å². The summed E-state index contributed by atoms with van der Waals surface area (Å²) in [6.07, 6.45) is 0. The van der Waals surface area contributed by atoms with Gasteiger partial charge in [-0.1, -0.05) is 23.7 Å². The predicted octanol–water partition coefficient (Wildman–Crippen LogP) is 3.09. The highest BCUT2D eigenvalue weighted by Crippen LogP contribution is 2.23. The number of hydrogen-bond acceptors (Lipinski definition) is 6. The number of para-hydroxylation sites is 2. The number of rotatable bonds is 5. The molecule has 0 radical (unpaired) electrons. The molecule has 0 spiro atoms. The van der Waals surface area contributed by atoms with Crippen molar-refractivity contribution in [3.8, 4) is 0 Å². The van der Waals surface area contributed by atoms with Gasteiger partial charge in [-0.25, -0.2) is 22.5 Å². The average molecular weight is 395 g/mol. The fourth-order valence-electron chi connectivity index (χ4n) is 2.22. The summed E-state index contributed by atoms with van der Waals surface area (Å²) in [6, 6.07) is 11.0. The van der Waals surface area contributed by atoms with Gasteiger partial charge in [-0.2, -0.15) is 0 Å². The molecular formula is C17H15ClN2O5S. The van der Waals surface area contributed by atoms with E-state index >= 15 is 0 Å². The van der Waals surface area contributed by atoms with Crippen molar-refractivity contribution >= 4 is 38.7 Å². The second-order valence-electron chi connectivity index (χ2n) is 5.58. The summed E-state index contributed by atoms with van der Waals surface area (Å²) < 4.78 is 36.1. The van der Waals surface area contributed by atoms with Gasteiger partial charge in [-0.05, 0) is 30.3 Å². The summed E-state index contributed by atoms with van der Waals surface area (Å²) in [6.45, 7) is -0.200. The highest BCUT2D eigenvalue weighted by atomic mass is 35.5. The van der Waals surface area contributed by atoms with Crippen LogP contribution in [0.3, 0.4) is 0 Å². The van der Waals surface area contributed by atoms with E-state index in [1.807, 2.05) is 6.07 Å². The molecule has 3 rings (SSSR count). The van der Waals surface area contributed by atoms with E-state index in [-0.39, 0.29) is 28.0 Å². The topological polar surface area (TPSA) is 89.7 Å². The maximum atomic E-state index is 12.3. The van der Waals surface area contributed by atoms with Gasteiger partial charge in [-0.15, -0.1) is 0 Å². The van der Waals surface area contributed by atoms with E-state index in [0.717, 1.165) is 4.31 Å². The Labute approximate surface area is 155 Å².